The molecule has 3 aromatic rings. The summed E-state index contributed by atoms with van der Waals surface area (Å²) in [6.45, 7) is 0. The van der Waals surface area contributed by atoms with Crippen molar-refractivity contribution >= 4 is 30.0 Å². The molecule has 0 fully saturated rings. The Morgan fingerprint density at radius 2 is 2.05 bits per heavy atom. The van der Waals surface area contributed by atoms with Crippen molar-refractivity contribution in [3.63, 3.8) is 0 Å². The van der Waals surface area contributed by atoms with Crippen LogP contribution in [0.15, 0.2) is 53.6 Å². The van der Waals surface area contributed by atoms with Crippen LogP contribution in [0.1, 0.15) is 5.56 Å². The number of nitrogens with one attached hydrogen (secondary N) is 1. The smallest absolute Gasteiger partial charge is 0.216 e. The first-order chi connectivity index (χ1) is 10.6. The average Bonchev–Trinajstić information content (AvgIpc) is 2.87. The highest BCUT2D eigenvalue weighted by molar-refractivity contribution is 7.71. The summed E-state index contributed by atoms with van der Waals surface area (Å²) in [7, 11) is 0. The van der Waals surface area contributed by atoms with Gasteiger partial charge in [-0.15, -0.1) is 0 Å². The van der Waals surface area contributed by atoms with Gasteiger partial charge in [-0.1, -0.05) is 35.9 Å². The summed E-state index contributed by atoms with van der Waals surface area (Å²) in [6, 6.07) is 13.4. The van der Waals surface area contributed by atoms with Gasteiger partial charge in [0, 0.05) is 5.56 Å². The zero-order valence-corrected chi connectivity index (χ0v) is 12.8. The molecule has 110 valence electrons. The van der Waals surface area contributed by atoms with Crippen molar-refractivity contribution in [2.75, 3.05) is 0 Å². The highest BCUT2D eigenvalue weighted by Gasteiger charge is 2.11. The van der Waals surface area contributed by atoms with Gasteiger partial charge in [0.05, 0.1) is 11.2 Å². The fourth-order valence-corrected chi connectivity index (χ4v) is 2.33. The maximum Gasteiger partial charge on any atom is 0.216 e. The Morgan fingerprint density at radius 1 is 1.23 bits per heavy atom. The van der Waals surface area contributed by atoms with Gasteiger partial charge in [0.1, 0.15) is 5.82 Å². The lowest BCUT2D eigenvalue weighted by molar-refractivity contribution is 0.627. The highest BCUT2D eigenvalue weighted by Crippen LogP contribution is 2.25. The molecular formula is C15H10ClFN4S. The van der Waals surface area contributed by atoms with Crippen LogP contribution in [0.2, 0.25) is 5.02 Å². The largest absolute Gasteiger partial charge is 0.250 e. The molecule has 0 atom stereocenters. The van der Waals surface area contributed by atoms with Gasteiger partial charge < -0.3 is 0 Å². The SMILES string of the molecule is Fc1cccc(/C=N/n2c(-c3ccccc3Cl)n[nH]c2=S)c1. The molecule has 1 heterocycles. The zero-order chi connectivity index (χ0) is 15.5. The molecule has 0 aliphatic heterocycles. The van der Waals surface area contributed by atoms with E-state index in [4.69, 9.17) is 23.8 Å². The minimum atomic E-state index is -0.328. The van der Waals surface area contributed by atoms with Gasteiger partial charge in [0.25, 0.3) is 0 Å². The summed E-state index contributed by atoms with van der Waals surface area (Å²) in [5.41, 5.74) is 1.32. The first-order valence-corrected chi connectivity index (χ1v) is 7.16. The van der Waals surface area contributed by atoms with Gasteiger partial charge >= 0.3 is 0 Å². The molecule has 0 saturated heterocycles. The summed E-state index contributed by atoms with van der Waals surface area (Å²) in [4.78, 5) is 0. The minimum absolute atomic E-state index is 0.322. The van der Waals surface area contributed by atoms with Gasteiger partial charge in [-0.2, -0.15) is 14.9 Å². The summed E-state index contributed by atoms with van der Waals surface area (Å²) >= 11 is 11.3. The predicted molar refractivity (Wildman–Crippen MR) is 87.2 cm³/mol. The first kappa shape index (κ1) is 14.6. The molecule has 0 aliphatic carbocycles. The fraction of sp³-hybridized carbons (Fsp3) is 0. The normalized spacial score (nSPS) is 11.2. The van der Waals surface area contributed by atoms with E-state index in [2.05, 4.69) is 15.3 Å². The predicted octanol–water partition coefficient (Wildman–Crippen LogP) is 4.28. The van der Waals surface area contributed by atoms with Gasteiger partial charge in [-0.25, -0.2) is 9.49 Å². The van der Waals surface area contributed by atoms with Gasteiger partial charge in [-0.05, 0) is 42.0 Å². The van der Waals surface area contributed by atoms with Crippen molar-refractivity contribution < 1.29 is 4.39 Å². The monoisotopic (exact) mass is 332 g/mol. The topological polar surface area (TPSA) is 46.0 Å². The molecule has 1 N–H and O–H groups in total. The van der Waals surface area contributed by atoms with Crippen molar-refractivity contribution in [2.45, 2.75) is 0 Å². The minimum Gasteiger partial charge on any atom is -0.250 e. The number of halogens is 2. The Labute approximate surface area is 135 Å². The van der Waals surface area contributed by atoms with E-state index in [9.17, 15) is 4.39 Å². The molecule has 1 aromatic heterocycles. The Hall–Kier alpha value is -2.31. The van der Waals surface area contributed by atoms with E-state index >= 15 is 0 Å². The molecule has 0 radical (unpaired) electrons. The van der Waals surface area contributed by atoms with Crippen LogP contribution >= 0.6 is 23.8 Å². The zero-order valence-electron chi connectivity index (χ0n) is 11.2. The Kier molecular flexibility index (Phi) is 4.13. The quantitative estimate of drug-likeness (QED) is 0.574. The number of rotatable bonds is 3. The van der Waals surface area contributed by atoms with Crippen LogP contribution in [0.4, 0.5) is 4.39 Å². The van der Waals surface area contributed by atoms with Crippen LogP contribution in [-0.4, -0.2) is 21.1 Å². The third-order valence-corrected chi connectivity index (χ3v) is 3.53. The lowest BCUT2D eigenvalue weighted by Gasteiger charge is -2.02. The molecule has 3 rings (SSSR count). The summed E-state index contributed by atoms with van der Waals surface area (Å²) in [5, 5.41) is 11.6. The van der Waals surface area contributed by atoms with Crippen molar-refractivity contribution in [1.29, 1.82) is 0 Å². The van der Waals surface area contributed by atoms with Gasteiger partial charge in [0.2, 0.25) is 4.77 Å². The van der Waals surface area contributed by atoms with Crippen molar-refractivity contribution in [1.82, 2.24) is 14.9 Å². The molecule has 0 aliphatic rings. The number of aromatic amines is 1. The lowest BCUT2D eigenvalue weighted by Crippen LogP contribution is -1.95. The first-order valence-electron chi connectivity index (χ1n) is 6.37. The van der Waals surface area contributed by atoms with E-state index in [0.29, 0.717) is 26.7 Å². The highest BCUT2D eigenvalue weighted by atomic mass is 35.5. The molecule has 2 aromatic carbocycles. The average molecular weight is 333 g/mol. The summed E-state index contributed by atoms with van der Waals surface area (Å²) in [5.74, 6) is 0.161. The van der Waals surface area contributed by atoms with E-state index in [1.807, 2.05) is 18.2 Å². The van der Waals surface area contributed by atoms with E-state index in [1.54, 1.807) is 18.2 Å². The maximum absolute atomic E-state index is 13.2. The molecule has 0 amide bonds. The van der Waals surface area contributed by atoms with E-state index < -0.39 is 0 Å². The van der Waals surface area contributed by atoms with E-state index in [1.165, 1.54) is 23.0 Å². The second kappa shape index (κ2) is 6.21. The molecule has 0 saturated carbocycles. The van der Waals surface area contributed by atoms with E-state index in [0.717, 1.165) is 0 Å². The summed E-state index contributed by atoms with van der Waals surface area (Å²) in [6.07, 6.45) is 1.51. The Morgan fingerprint density at radius 3 is 2.82 bits per heavy atom. The van der Waals surface area contributed by atoms with Crippen LogP contribution in [0.3, 0.4) is 0 Å². The van der Waals surface area contributed by atoms with Crippen LogP contribution in [0.25, 0.3) is 11.4 Å². The van der Waals surface area contributed by atoms with E-state index in [-0.39, 0.29) is 5.82 Å². The second-order valence-corrected chi connectivity index (χ2v) is 5.24. The molecule has 4 nitrogen and oxygen atoms in total. The van der Waals surface area contributed by atoms with Gasteiger partial charge in [0.15, 0.2) is 5.82 Å². The molecule has 0 bridgehead atoms. The molecular weight excluding hydrogens is 323 g/mol. The number of nitrogens with zero attached hydrogens (tertiary/aromatic N) is 3. The number of hydrogen-bond acceptors (Lipinski definition) is 3. The standard InChI is InChI=1S/C15H10ClFN4S/c16-13-7-2-1-6-12(13)14-19-20-15(22)21(14)18-9-10-4-3-5-11(17)8-10/h1-9H,(H,20,22)/b18-9+. The number of hydrogen-bond donors (Lipinski definition) is 1. The fourth-order valence-electron chi connectivity index (χ4n) is 1.93. The van der Waals surface area contributed by atoms with Crippen molar-refractivity contribution in [2.24, 2.45) is 5.10 Å². The molecule has 0 unspecified atom stereocenters. The molecule has 0 spiro atoms. The summed E-state index contributed by atoms with van der Waals surface area (Å²) < 4.78 is 15.0. The molecule has 7 heteroatoms. The van der Waals surface area contributed by atoms with Crippen molar-refractivity contribution in [3.05, 3.63) is 69.7 Å². The Balaban J connectivity index is 2.04. The van der Waals surface area contributed by atoms with Crippen LogP contribution < -0.4 is 0 Å². The third kappa shape index (κ3) is 2.98. The number of benzene rings is 2. The van der Waals surface area contributed by atoms with Gasteiger partial charge in [-0.3, -0.25) is 0 Å². The maximum atomic E-state index is 13.2. The lowest BCUT2D eigenvalue weighted by atomic mass is 10.2. The second-order valence-electron chi connectivity index (χ2n) is 4.44. The third-order valence-electron chi connectivity index (χ3n) is 2.94. The molecule has 22 heavy (non-hydrogen) atoms. The number of H-pyrrole nitrogens is 1. The Bertz CT molecular complexity index is 900. The van der Waals surface area contributed by atoms with Crippen LogP contribution in [-0.2, 0) is 0 Å². The van der Waals surface area contributed by atoms with Crippen LogP contribution in [0, 0.1) is 10.6 Å². The number of aromatic nitrogens is 3. The van der Waals surface area contributed by atoms with Crippen molar-refractivity contribution in [3.8, 4) is 11.4 Å². The van der Waals surface area contributed by atoms with Crippen LogP contribution in [0.5, 0.6) is 0 Å².